The first kappa shape index (κ1) is 21.4. The highest BCUT2D eigenvalue weighted by Gasteiger charge is 2.24. The summed E-state index contributed by atoms with van der Waals surface area (Å²) in [5.41, 5.74) is 6.55. The van der Waals surface area contributed by atoms with Crippen LogP contribution in [0.2, 0.25) is 0 Å². The normalized spacial score (nSPS) is 14.7. The van der Waals surface area contributed by atoms with Crippen LogP contribution in [-0.2, 0) is 17.8 Å². The van der Waals surface area contributed by atoms with Crippen LogP contribution < -0.4 is 0 Å². The lowest BCUT2D eigenvalue weighted by molar-refractivity contribution is -0.133. The predicted octanol–water partition coefficient (Wildman–Crippen LogP) is 5.20. The highest BCUT2D eigenvalue weighted by Crippen LogP contribution is 2.30. The third-order valence-corrected chi connectivity index (χ3v) is 6.79. The second-order valence-electron chi connectivity index (χ2n) is 9.18. The van der Waals surface area contributed by atoms with Crippen molar-refractivity contribution in [2.24, 2.45) is 5.92 Å². The van der Waals surface area contributed by atoms with Gasteiger partial charge >= 0.3 is 0 Å². The van der Waals surface area contributed by atoms with Gasteiger partial charge in [0.2, 0.25) is 5.91 Å². The second-order valence-corrected chi connectivity index (χ2v) is 9.18. The maximum Gasteiger partial charge on any atom is 0.244 e. The van der Waals surface area contributed by atoms with Crippen molar-refractivity contribution in [2.45, 2.75) is 39.7 Å². The van der Waals surface area contributed by atoms with E-state index < -0.39 is 0 Å². The Morgan fingerprint density at radius 3 is 2.42 bits per heavy atom. The number of aryl methyl sites for hydroxylation is 2. The van der Waals surface area contributed by atoms with Gasteiger partial charge < -0.3 is 4.90 Å². The molecular formula is C28H30N4O. The number of rotatable bonds is 5. The molecule has 1 aliphatic heterocycles. The quantitative estimate of drug-likeness (QED) is 0.431. The second kappa shape index (κ2) is 9.18. The van der Waals surface area contributed by atoms with Crippen LogP contribution in [0.15, 0.2) is 66.9 Å². The van der Waals surface area contributed by atoms with Crippen molar-refractivity contribution in [3.05, 3.63) is 83.7 Å². The molecule has 0 spiro atoms. The lowest BCUT2D eigenvalue weighted by atomic mass is 9.90. The van der Waals surface area contributed by atoms with E-state index in [0.29, 0.717) is 5.92 Å². The average Bonchev–Trinajstić information content (AvgIpc) is 3.16. The number of fused-ring (bicyclic) bond motifs is 1. The fourth-order valence-corrected chi connectivity index (χ4v) is 4.93. The summed E-state index contributed by atoms with van der Waals surface area (Å²) in [6.45, 7) is 5.95. The molecule has 0 saturated carbocycles. The Morgan fingerprint density at radius 2 is 1.70 bits per heavy atom. The van der Waals surface area contributed by atoms with E-state index in [9.17, 15) is 4.79 Å². The van der Waals surface area contributed by atoms with Gasteiger partial charge in [0.1, 0.15) is 6.54 Å². The van der Waals surface area contributed by atoms with Gasteiger partial charge in [0.15, 0.2) is 5.65 Å². The molecule has 4 aromatic rings. The molecule has 5 heteroatoms. The molecule has 2 aromatic heterocycles. The predicted molar refractivity (Wildman–Crippen MR) is 132 cm³/mol. The minimum Gasteiger partial charge on any atom is -0.341 e. The summed E-state index contributed by atoms with van der Waals surface area (Å²) in [7, 11) is 0. The van der Waals surface area contributed by atoms with E-state index in [4.69, 9.17) is 5.10 Å². The molecule has 3 heterocycles. The van der Waals surface area contributed by atoms with Crippen LogP contribution in [0.5, 0.6) is 0 Å². The minimum absolute atomic E-state index is 0.125. The number of carbonyl (C=O) groups excluding carboxylic acids is 1. The van der Waals surface area contributed by atoms with Crippen LogP contribution in [-0.4, -0.2) is 38.7 Å². The number of aromatic nitrogens is 3. The van der Waals surface area contributed by atoms with E-state index in [1.54, 1.807) is 4.68 Å². The monoisotopic (exact) mass is 438 g/mol. The Labute approximate surface area is 195 Å². The maximum absolute atomic E-state index is 13.1. The summed E-state index contributed by atoms with van der Waals surface area (Å²) >= 11 is 0. The first-order valence-electron chi connectivity index (χ1n) is 11.8. The van der Waals surface area contributed by atoms with Crippen molar-refractivity contribution < 1.29 is 4.79 Å². The van der Waals surface area contributed by atoms with Gasteiger partial charge in [-0.1, -0.05) is 60.2 Å². The molecule has 1 amide bonds. The molecule has 0 bridgehead atoms. The van der Waals surface area contributed by atoms with E-state index in [1.807, 2.05) is 24.1 Å². The first-order chi connectivity index (χ1) is 16.1. The van der Waals surface area contributed by atoms with Gasteiger partial charge in [-0.3, -0.25) is 4.79 Å². The molecule has 5 nitrogen and oxygen atoms in total. The smallest absolute Gasteiger partial charge is 0.244 e. The van der Waals surface area contributed by atoms with Gasteiger partial charge in [0, 0.05) is 24.7 Å². The molecule has 168 valence electrons. The van der Waals surface area contributed by atoms with Crippen LogP contribution in [0.3, 0.4) is 0 Å². The fourth-order valence-electron chi connectivity index (χ4n) is 4.93. The summed E-state index contributed by atoms with van der Waals surface area (Å²) in [6.07, 6.45) is 5.01. The van der Waals surface area contributed by atoms with Crippen LogP contribution >= 0.6 is 0 Å². The van der Waals surface area contributed by atoms with E-state index in [0.717, 1.165) is 60.2 Å². The standard InChI is InChI=1S/C28H30N4O/c1-20-8-10-24(11-9-20)25-12-15-29-28-27(25)21(2)30-32(28)19-26(33)31-16-13-23(14-17-31)18-22-6-4-3-5-7-22/h3-12,15,23H,13-14,16-19H2,1-2H3. The zero-order valence-electron chi connectivity index (χ0n) is 19.4. The largest absolute Gasteiger partial charge is 0.341 e. The van der Waals surface area contributed by atoms with E-state index in [1.165, 1.54) is 11.1 Å². The summed E-state index contributed by atoms with van der Waals surface area (Å²) < 4.78 is 1.78. The zero-order chi connectivity index (χ0) is 22.8. The molecule has 33 heavy (non-hydrogen) atoms. The maximum atomic E-state index is 13.1. The van der Waals surface area contributed by atoms with Gasteiger partial charge in [-0.05, 0) is 61.8 Å². The van der Waals surface area contributed by atoms with Crippen molar-refractivity contribution in [1.29, 1.82) is 0 Å². The number of hydrogen-bond acceptors (Lipinski definition) is 3. The number of carbonyl (C=O) groups is 1. The zero-order valence-corrected chi connectivity index (χ0v) is 19.4. The Kier molecular flexibility index (Phi) is 5.95. The van der Waals surface area contributed by atoms with Gasteiger partial charge in [-0.15, -0.1) is 0 Å². The summed E-state index contributed by atoms with van der Waals surface area (Å²) in [6, 6.07) is 21.2. The molecule has 2 aromatic carbocycles. The Morgan fingerprint density at radius 1 is 0.970 bits per heavy atom. The number of nitrogens with zero attached hydrogens (tertiary/aromatic N) is 4. The molecule has 0 unspecified atom stereocenters. The Hall–Kier alpha value is -3.47. The Balaban J connectivity index is 1.29. The first-order valence-corrected chi connectivity index (χ1v) is 11.8. The van der Waals surface area contributed by atoms with Crippen LogP contribution in [0.25, 0.3) is 22.2 Å². The van der Waals surface area contributed by atoms with Crippen molar-refractivity contribution in [3.63, 3.8) is 0 Å². The highest BCUT2D eigenvalue weighted by molar-refractivity contribution is 5.95. The van der Waals surface area contributed by atoms with Crippen molar-refractivity contribution >= 4 is 16.9 Å². The Bertz CT molecular complexity index is 1250. The number of hydrogen-bond donors (Lipinski definition) is 0. The van der Waals surface area contributed by atoms with E-state index in [2.05, 4.69) is 66.5 Å². The summed E-state index contributed by atoms with van der Waals surface area (Å²) in [5, 5.41) is 5.73. The number of amides is 1. The average molecular weight is 439 g/mol. The molecule has 5 rings (SSSR count). The third-order valence-electron chi connectivity index (χ3n) is 6.79. The van der Waals surface area contributed by atoms with Crippen molar-refractivity contribution in [2.75, 3.05) is 13.1 Å². The SMILES string of the molecule is Cc1ccc(-c2ccnc3c2c(C)nn3CC(=O)N2CCC(Cc3ccccc3)CC2)cc1. The summed E-state index contributed by atoms with van der Waals surface area (Å²) in [5.74, 6) is 0.767. The fraction of sp³-hybridized carbons (Fsp3) is 0.321. The summed E-state index contributed by atoms with van der Waals surface area (Å²) in [4.78, 5) is 19.7. The number of likely N-dealkylation sites (tertiary alicyclic amines) is 1. The molecule has 0 N–H and O–H groups in total. The topological polar surface area (TPSA) is 51.0 Å². The molecule has 0 atom stereocenters. The van der Waals surface area contributed by atoms with Gasteiger partial charge in [0.05, 0.1) is 5.69 Å². The molecule has 1 fully saturated rings. The van der Waals surface area contributed by atoms with E-state index >= 15 is 0 Å². The van der Waals surface area contributed by atoms with Crippen LogP contribution in [0.4, 0.5) is 0 Å². The van der Waals surface area contributed by atoms with Crippen LogP contribution in [0, 0.1) is 19.8 Å². The molecule has 1 saturated heterocycles. The van der Waals surface area contributed by atoms with Crippen molar-refractivity contribution in [3.8, 4) is 11.1 Å². The lowest BCUT2D eigenvalue weighted by Crippen LogP contribution is -2.40. The molecular weight excluding hydrogens is 408 g/mol. The lowest BCUT2D eigenvalue weighted by Gasteiger charge is -2.32. The van der Waals surface area contributed by atoms with Crippen LogP contribution in [0.1, 0.15) is 29.7 Å². The third kappa shape index (κ3) is 4.54. The van der Waals surface area contributed by atoms with Gasteiger partial charge in [0.25, 0.3) is 0 Å². The number of pyridine rings is 1. The number of piperidine rings is 1. The molecule has 0 aliphatic carbocycles. The van der Waals surface area contributed by atoms with Crippen molar-refractivity contribution in [1.82, 2.24) is 19.7 Å². The number of benzene rings is 2. The van der Waals surface area contributed by atoms with Gasteiger partial charge in [-0.2, -0.15) is 5.10 Å². The van der Waals surface area contributed by atoms with E-state index in [-0.39, 0.29) is 12.5 Å². The van der Waals surface area contributed by atoms with Gasteiger partial charge in [-0.25, -0.2) is 9.67 Å². The molecule has 0 radical (unpaired) electrons. The molecule has 1 aliphatic rings. The highest BCUT2D eigenvalue weighted by atomic mass is 16.2. The minimum atomic E-state index is 0.125.